The Morgan fingerprint density at radius 3 is 2.69 bits per heavy atom. The van der Waals surface area contributed by atoms with E-state index in [1.807, 2.05) is 0 Å². The number of unbranched alkanes of at least 4 members (excludes halogenated alkanes) is 1. The molecule has 0 saturated carbocycles. The highest BCUT2D eigenvalue weighted by Crippen LogP contribution is 2.10. The summed E-state index contributed by atoms with van der Waals surface area (Å²) < 4.78 is 1.25. The normalized spacial score (nSPS) is 10.4. The summed E-state index contributed by atoms with van der Waals surface area (Å²) in [5.74, 6) is 0. The first-order valence-electron chi connectivity index (χ1n) is 4.73. The number of pyridine rings is 1. The van der Waals surface area contributed by atoms with E-state index in [0.717, 1.165) is 12.1 Å². The van der Waals surface area contributed by atoms with Crippen LogP contribution >= 0.6 is 22.6 Å². The number of halogens is 1. The second kappa shape index (κ2) is 5.58. The van der Waals surface area contributed by atoms with Gasteiger partial charge in [-0.1, -0.05) is 28.7 Å². The zero-order valence-corrected chi connectivity index (χ0v) is 10.5. The number of nitrogens with zero attached hydrogens (tertiary/aromatic N) is 1. The minimum absolute atomic E-state index is 1.13. The summed E-state index contributed by atoms with van der Waals surface area (Å²) in [6.45, 7) is 4.20. The number of hydrogen-bond donors (Lipinski definition) is 0. The van der Waals surface area contributed by atoms with Gasteiger partial charge in [-0.3, -0.25) is 4.98 Å². The van der Waals surface area contributed by atoms with Gasteiger partial charge in [0.05, 0.1) is 0 Å². The smallest absolute Gasteiger partial charge is 0.0435 e. The Balaban J connectivity index is 2.59. The quantitative estimate of drug-likeness (QED) is 0.470. The Hall–Kier alpha value is -0.120. The summed E-state index contributed by atoms with van der Waals surface area (Å²) in [7, 11) is 0. The van der Waals surface area contributed by atoms with Crippen molar-refractivity contribution in [2.45, 2.75) is 33.1 Å². The summed E-state index contributed by atoms with van der Waals surface area (Å²) in [5, 5.41) is 0. The lowest BCUT2D eigenvalue weighted by molar-refractivity contribution is 0.780. The standard InChI is InChI=1S/C11H16IN/c1-9-6-7-10(2)13-11(9)5-3-4-8-12/h6-7H,3-5,8H2,1-2H3. The topological polar surface area (TPSA) is 12.9 Å². The molecule has 1 aromatic rings. The molecule has 0 spiro atoms. The molecule has 0 unspecified atom stereocenters. The lowest BCUT2D eigenvalue weighted by Gasteiger charge is -2.04. The van der Waals surface area contributed by atoms with Crippen LogP contribution in [0.1, 0.15) is 29.8 Å². The molecule has 0 amide bonds. The highest BCUT2D eigenvalue weighted by atomic mass is 127. The Morgan fingerprint density at radius 1 is 1.23 bits per heavy atom. The number of alkyl halides is 1. The zero-order chi connectivity index (χ0) is 9.68. The average Bonchev–Trinajstić information content (AvgIpc) is 2.11. The van der Waals surface area contributed by atoms with Gasteiger partial charge in [-0.2, -0.15) is 0 Å². The number of rotatable bonds is 4. The Labute approximate surface area is 94.1 Å². The van der Waals surface area contributed by atoms with Crippen molar-refractivity contribution >= 4 is 22.6 Å². The van der Waals surface area contributed by atoms with Gasteiger partial charge in [0.1, 0.15) is 0 Å². The van der Waals surface area contributed by atoms with E-state index in [1.165, 1.54) is 28.5 Å². The molecule has 0 aliphatic carbocycles. The van der Waals surface area contributed by atoms with Crippen LogP contribution in [0.5, 0.6) is 0 Å². The maximum atomic E-state index is 4.54. The molecule has 0 radical (unpaired) electrons. The fourth-order valence-electron chi connectivity index (χ4n) is 1.32. The molecule has 1 nitrogen and oxygen atoms in total. The van der Waals surface area contributed by atoms with E-state index < -0.39 is 0 Å². The lowest BCUT2D eigenvalue weighted by atomic mass is 10.1. The van der Waals surface area contributed by atoms with E-state index in [9.17, 15) is 0 Å². The van der Waals surface area contributed by atoms with E-state index in [-0.39, 0.29) is 0 Å². The third kappa shape index (κ3) is 3.63. The predicted octanol–water partition coefficient (Wildman–Crippen LogP) is 3.46. The third-order valence-electron chi connectivity index (χ3n) is 2.14. The van der Waals surface area contributed by atoms with Crippen molar-refractivity contribution in [2.75, 3.05) is 4.43 Å². The van der Waals surface area contributed by atoms with Crippen LogP contribution in [0, 0.1) is 13.8 Å². The maximum absolute atomic E-state index is 4.54. The summed E-state index contributed by atoms with van der Waals surface area (Å²) in [6.07, 6.45) is 3.70. The van der Waals surface area contributed by atoms with Crippen molar-refractivity contribution in [3.05, 3.63) is 29.1 Å². The van der Waals surface area contributed by atoms with Gasteiger partial charge in [0.25, 0.3) is 0 Å². The SMILES string of the molecule is Cc1ccc(C)c(CCCCI)n1. The number of hydrogen-bond acceptors (Lipinski definition) is 1. The maximum Gasteiger partial charge on any atom is 0.0435 e. The van der Waals surface area contributed by atoms with Gasteiger partial charge in [0.15, 0.2) is 0 Å². The molecule has 1 aromatic heterocycles. The Kier molecular flexibility index (Phi) is 4.70. The van der Waals surface area contributed by atoms with Crippen LogP contribution in [0.2, 0.25) is 0 Å². The van der Waals surface area contributed by atoms with Crippen molar-refractivity contribution in [2.24, 2.45) is 0 Å². The molecule has 0 bridgehead atoms. The minimum atomic E-state index is 1.13. The van der Waals surface area contributed by atoms with Gasteiger partial charge >= 0.3 is 0 Å². The molecular weight excluding hydrogens is 273 g/mol. The third-order valence-corrected chi connectivity index (χ3v) is 2.90. The Bertz CT molecular complexity index is 271. The van der Waals surface area contributed by atoms with Crippen LogP contribution < -0.4 is 0 Å². The van der Waals surface area contributed by atoms with Crippen LogP contribution in [-0.2, 0) is 6.42 Å². The lowest BCUT2D eigenvalue weighted by Crippen LogP contribution is -1.96. The molecule has 0 fully saturated rings. The van der Waals surface area contributed by atoms with Crippen LogP contribution in [0.25, 0.3) is 0 Å². The van der Waals surface area contributed by atoms with Gasteiger partial charge in [-0.05, 0) is 49.2 Å². The van der Waals surface area contributed by atoms with Crippen molar-refractivity contribution in [3.8, 4) is 0 Å². The molecule has 1 heterocycles. The average molecular weight is 289 g/mol. The molecular formula is C11H16IN. The summed E-state index contributed by atoms with van der Waals surface area (Å²) in [5.41, 5.74) is 3.75. The van der Waals surface area contributed by atoms with Gasteiger partial charge < -0.3 is 0 Å². The zero-order valence-electron chi connectivity index (χ0n) is 8.31. The van der Waals surface area contributed by atoms with Gasteiger partial charge in [0.2, 0.25) is 0 Å². The molecule has 1 rings (SSSR count). The molecule has 0 atom stereocenters. The first-order valence-corrected chi connectivity index (χ1v) is 6.25. The van der Waals surface area contributed by atoms with Gasteiger partial charge in [-0.25, -0.2) is 0 Å². The minimum Gasteiger partial charge on any atom is -0.258 e. The van der Waals surface area contributed by atoms with Gasteiger partial charge in [-0.15, -0.1) is 0 Å². The molecule has 0 N–H and O–H groups in total. The first-order chi connectivity index (χ1) is 6.24. The van der Waals surface area contributed by atoms with Crippen molar-refractivity contribution < 1.29 is 0 Å². The number of aromatic nitrogens is 1. The molecule has 2 heteroatoms. The van der Waals surface area contributed by atoms with E-state index in [1.54, 1.807) is 0 Å². The molecule has 72 valence electrons. The highest BCUT2D eigenvalue weighted by Gasteiger charge is 1.99. The summed E-state index contributed by atoms with van der Waals surface area (Å²) >= 11 is 2.43. The summed E-state index contributed by atoms with van der Waals surface area (Å²) in [4.78, 5) is 4.54. The van der Waals surface area contributed by atoms with Crippen LogP contribution in [0.4, 0.5) is 0 Å². The summed E-state index contributed by atoms with van der Waals surface area (Å²) in [6, 6.07) is 4.25. The predicted molar refractivity (Wildman–Crippen MR) is 65.5 cm³/mol. The van der Waals surface area contributed by atoms with E-state index in [2.05, 4.69) is 53.6 Å². The van der Waals surface area contributed by atoms with Crippen molar-refractivity contribution in [1.82, 2.24) is 4.98 Å². The molecule has 13 heavy (non-hydrogen) atoms. The van der Waals surface area contributed by atoms with E-state index in [4.69, 9.17) is 0 Å². The fourth-order valence-corrected chi connectivity index (χ4v) is 1.86. The Morgan fingerprint density at radius 2 is 2.00 bits per heavy atom. The van der Waals surface area contributed by atoms with Crippen molar-refractivity contribution in [1.29, 1.82) is 0 Å². The van der Waals surface area contributed by atoms with Crippen molar-refractivity contribution in [3.63, 3.8) is 0 Å². The number of aryl methyl sites for hydroxylation is 3. The van der Waals surface area contributed by atoms with E-state index in [0.29, 0.717) is 0 Å². The monoisotopic (exact) mass is 289 g/mol. The van der Waals surface area contributed by atoms with Gasteiger partial charge in [0, 0.05) is 11.4 Å². The molecule has 0 aromatic carbocycles. The van der Waals surface area contributed by atoms with Crippen LogP contribution in [0.15, 0.2) is 12.1 Å². The molecule has 0 aliphatic rings. The molecule has 0 aliphatic heterocycles. The van der Waals surface area contributed by atoms with E-state index >= 15 is 0 Å². The molecule has 0 saturated heterocycles. The van der Waals surface area contributed by atoms with Crippen LogP contribution in [-0.4, -0.2) is 9.41 Å². The highest BCUT2D eigenvalue weighted by molar-refractivity contribution is 14.1. The second-order valence-electron chi connectivity index (χ2n) is 3.36. The first kappa shape index (κ1) is 11.0. The largest absolute Gasteiger partial charge is 0.258 e. The van der Waals surface area contributed by atoms with Crippen LogP contribution in [0.3, 0.4) is 0 Å². The fraction of sp³-hybridized carbons (Fsp3) is 0.545. The second-order valence-corrected chi connectivity index (χ2v) is 4.44.